The molecule has 0 heterocycles. The molecule has 4 unspecified atom stereocenters. The summed E-state index contributed by atoms with van der Waals surface area (Å²) in [5, 5.41) is 3.48. The predicted molar refractivity (Wildman–Crippen MR) is 69.6 cm³/mol. The van der Waals surface area contributed by atoms with Gasteiger partial charge in [-0.1, -0.05) is 13.3 Å². The van der Waals surface area contributed by atoms with Gasteiger partial charge in [-0.25, -0.2) is 0 Å². The first-order valence-corrected chi connectivity index (χ1v) is 7.06. The molecule has 0 radical (unpaired) electrons. The molecule has 2 rings (SSSR count). The molecule has 2 saturated carbocycles. The maximum absolute atomic E-state index is 3.48. The van der Waals surface area contributed by atoms with E-state index in [9.17, 15) is 0 Å². The third-order valence-corrected chi connectivity index (χ3v) is 4.73. The fourth-order valence-corrected chi connectivity index (χ4v) is 3.29. The molecule has 4 atom stereocenters. The highest BCUT2D eigenvalue weighted by Crippen LogP contribution is 2.38. The molecule has 0 aromatic rings. The Morgan fingerprint density at radius 2 is 2.00 bits per heavy atom. The van der Waals surface area contributed by atoms with Crippen LogP contribution in [0.15, 0.2) is 0 Å². The molecule has 1 N–H and O–H groups in total. The topological polar surface area (TPSA) is 15.3 Å². The minimum Gasteiger partial charge on any atom is -0.317 e. The van der Waals surface area contributed by atoms with Gasteiger partial charge in [0.25, 0.3) is 0 Å². The minimum atomic E-state index is 0.799. The van der Waals surface area contributed by atoms with Gasteiger partial charge in [0.2, 0.25) is 0 Å². The van der Waals surface area contributed by atoms with Crippen LogP contribution >= 0.6 is 0 Å². The summed E-state index contributed by atoms with van der Waals surface area (Å²) in [6.45, 7) is 5.01. The van der Waals surface area contributed by atoms with E-state index < -0.39 is 0 Å². The summed E-state index contributed by atoms with van der Waals surface area (Å²) in [6.07, 6.45) is 7.12. The second-order valence-corrected chi connectivity index (χ2v) is 6.11. The number of nitrogens with one attached hydrogen (secondary N) is 1. The molecule has 94 valence electrons. The molecular formula is C14H28N2. The Bertz CT molecular complexity index is 217. The van der Waals surface area contributed by atoms with Gasteiger partial charge in [-0.2, -0.15) is 0 Å². The van der Waals surface area contributed by atoms with Gasteiger partial charge in [0.05, 0.1) is 0 Å². The van der Waals surface area contributed by atoms with E-state index in [0.29, 0.717) is 0 Å². The normalized spacial score (nSPS) is 38.2. The van der Waals surface area contributed by atoms with Crippen LogP contribution in [-0.4, -0.2) is 38.1 Å². The van der Waals surface area contributed by atoms with E-state index in [1.54, 1.807) is 0 Å². The molecule has 0 aliphatic heterocycles. The van der Waals surface area contributed by atoms with Gasteiger partial charge in [-0.3, -0.25) is 0 Å². The third-order valence-electron chi connectivity index (χ3n) is 4.73. The Kier molecular flexibility index (Phi) is 4.26. The molecule has 0 spiro atoms. The molecule has 2 nitrogen and oxygen atoms in total. The Balaban J connectivity index is 1.62. The first-order chi connectivity index (χ1) is 7.70. The monoisotopic (exact) mass is 224 g/mol. The molecule has 0 saturated heterocycles. The molecule has 0 amide bonds. The van der Waals surface area contributed by atoms with Crippen LogP contribution in [-0.2, 0) is 0 Å². The zero-order chi connectivity index (χ0) is 11.5. The predicted octanol–water partition coefficient (Wildman–Crippen LogP) is 2.35. The summed E-state index contributed by atoms with van der Waals surface area (Å²) in [7, 11) is 4.42. The summed E-state index contributed by atoms with van der Waals surface area (Å²) in [5.74, 6) is 2.94. The summed E-state index contributed by atoms with van der Waals surface area (Å²) in [5.41, 5.74) is 0. The van der Waals surface area contributed by atoms with E-state index in [1.165, 1.54) is 45.2 Å². The van der Waals surface area contributed by atoms with E-state index in [2.05, 4.69) is 31.2 Å². The maximum atomic E-state index is 3.48. The van der Waals surface area contributed by atoms with Crippen LogP contribution < -0.4 is 5.32 Å². The van der Waals surface area contributed by atoms with Gasteiger partial charge in [0.1, 0.15) is 0 Å². The summed E-state index contributed by atoms with van der Waals surface area (Å²) in [6, 6.07) is 0.799. The summed E-state index contributed by atoms with van der Waals surface area (Å²) < 4.78 is 0. The standard InChI is InChI=1S/C14H28N2/c1-11-9-13(11)10-16(3)8-7-12-5-4-6-14(12)15-2/h11-15H,4-10H2,1-3H3. The van der Waals surface area contributed by atoms with E-state index in [1.807, 2.05) is 0 Å². The quantitative estimate of drug-likeness (QED) is 0.745. The lowest BCUT2D eigenvalue weighted by molar-refractivity contribution is 0.273. The smallest absolute Gasteiger partial charge is 0.00928 e. The van der Waals surface area contributed by atoms with Crippen molar-refractivity contribution in [3.63, 3.8) is 0 Å². The van der Waals surface area contributed by atoms with E-state index >= 15 is 0 Å². The fraction of sp³-hybridized carbons (Fsp3) is 1.00. The van der Waals surface area contributed by atoms with Crippen LogP contribution in [0.5, 0.6) is 0 Å². The van der Waals surface area contributed by atoms with Crippen molar-refractivity contribution in [1.82, 2.24) is 10.2 Å². The van der Waals surface area contributed by atoms with Crippen LogP contribution in [0.4, 0.5) is 0 Å². The Labute approximate surface area is 101 Å². The number of rotatable bonds is 6. The lowest BCUT2D eigenvalue weighted by Gasteiger charge is -2.23. The van der Waals surface area contributed by atoms with Crippen LogP contribution in [0.25, 0.3) is 0 Å². The highest BCUT2D eigenvalue weighted by atomic mass is 15.1. The SMILES string of the molecule is CNC1CCCC1CCN(C)CC1CC1C. The Morgan fingerprint density at radius 3 is 2.62 bits per heavy atom. The molecule has 0 aromatic heterocycles. The third kappa shape index (κ3) is 3.21. The van der Waals surface area contributed by atoms with Crippen molar-refractivity contribution in [2.45, 2.75) is 45.1 Å². The molecule has 16 heavy (non-hydrogen) atoms. The fourth-order valence-electron chi connectivity index (χ4n) is 3.29. The molecule has 2 aliphatic rings. The van der Waals surface area contributed by atoms with Gasteiger partial charge in [-0.15, -0.1) is 0 Å². The van der Waals surface area contributed by atoms with Gasteiger partial charge in [0, 0.05) is 12.6 Å². The molecule has 2 heteroatoms. The van der Waals surface area contributed by atoms with Crippen molar-refractivity contribution in [3.05, 3.63) is 0 Å². The molecule has 0 aromatic carbocycles. The zero-order valence-corrected chi connectivity index (χ0v) is 11.2. The zero-order valence-electron chi connectivity index (χ0n) is 11.2. The van der Waals surface area contributed by atoms with E-state index in [4.69, 9.17) is 0 Å². The lowest BCUT2D eigenvalue weighted by atomic mass is 9.99. The molecule has 0 bridgehead atoms. The van der Waals surface area contributed by atoms with Gasteiger partial charge < -0.3 is 10.2 Å². The van der Waals surface area contributed by atoms with Gasteiger partial charge in [-0.05, 0) is 64.1 Å². The summed E-state index contributed by atoms with van der Waals surface area (Å²) in [4.78, 5) is 2.55. The van der Waals surface area contributed by atoms with Crippen molar-refractivity contribution in [2.24, 2.45) is 17.8 Å². The Morgan fingerprint density at radius 1 is 1.25 bits per heavy atom. The maximum Gasteiger partial charge on any atom is 0.00928 e. The lowest BCUT2D eigenvalue weighted by Crippen LogP contribution is -2.32. The van der Waals surface area contributed by atoms with Crippen molar-refractivity contribution < 1.29 is 0 Å². The highest BCUT2D eigenvalue weighted by Gasteiger charge is 2.33. The van der Waals surface area contributed by atoms with Crippen LogP contribution in [0.1, 0.15) is 39.0 Å². The number of nitrogens with zero attached hydrogens (tertiary/aromatic N) is 1. The summed E-state index contributed by atoms with van der Waals surface area (Å²) >= 11 is 0. The first-order valence-electron chi connectivity index (χ1n) is 7.06. The van der Waals surface area contributed by atoms with Crippen LogP contribution in [0.3, 0.4) is 0 Å². The number of hydrogen-bond acceptors (Lipinski definition) is 2. The average molecular weight is 224 g/mol. The van der Waals surface area contributed by atoms with Gasteiger partial charge in [0.15, 0.2) is 0 Å². The molecule has 2 fully saturated rings. The highest BCUT2D eigenvalue weighted by molar-refractivity contribution is 4.86. The Hall–Kier alpha value is -0.0800. The second kappa shape index (κ2) is 5.50. The number of hydrogen-bond donors (Lipinski definition) is 1. The van der Waals surface area contributed by atoms with Crippen molar-refractivity contribution >= 4 is 0 Å². The van der Waals surface area contributed by atoms with E-state index in [0.717, 1.165) is 23.8 Å². The van der Waals surface area contributed by atoms with Gasteiger partial charge >= 0.3 is 0 Å². The van der Waals surface area contributed by atoms with Crippen molar-refractivity contribution in [2.75, 3.05) is 27.2 Å². The minimum absolute atomic E-state index is 0.799. The van der Waals surface area contributed by atoms with Crippen molar-refractivity contribution in [1.29, 1.82) is 0 Å². The average Bonchev–Trinajstić information content (AvgIpc) is 2.81. The second-order valence-electron chi connectivity index (χ2n) is 6.11. The largest absolute Gasteiger partial charge is 0.317 e. The molecular weight excluding hydrogens is 196 g/mol. The van der Waals surface area contributed by atoms with Crippen LogP contribution in [0, 0.1) is 17.8 Å². The van der Waals surface area contributed by atoms with E-state index in [-0.39, 0.29) is 0 Å². The first kappa shape index (κ1) is 12.4. The van der Waals surface area contributed by atoms with Crippen LogP contribution in [0.2, 0.25) is 0 Å². The molecule has 2 aliphatic carbocycles. The van der Waals surface area contributed by atoms with Crippen molar-refractivity contribution in [3.8, 4) is 0 Å².